The van der Waals surface area contributed by atoms with Gasteiger partial charge in [0.05, 0.1) is 23.1 Å². The van der Waals surface area contributed by atoms with Gasteiger partial charge in [-0.15, -0.1) is 0 Å². The molecular formula is C16H21N3O. The van der Waals surface area contributed by atoms with Crippen LogP contribution in [0.4, 0.5) is 0 Å². The molecule has 0 unspecified atom stereocenters. The Morgan fingerprint density at radius 2 is 2.00 bits per heavy atom. The highest BCUT2D eigenvalue weighted by Crippen LogP contribution is 2.20. The molecule has 0 aliphatic heterocycles. The summed E-state index contributed by atoms with van der Waals surface area (Å²) in [5.41, 5.74) is 3.87. The molecular weight excluding hydrogens is 250 g/mol. The van der Waals surface area contributed by atoms with Crippen molar-refractivity contribution in [3.63, 3.8) is 0 Å². The molecule has 20 heavy (non-hydrogen) atoms. The van der Waals surface area contributed by atoms with Gasteiger partial charge >= 0.3 is 0 Å². The first kappa shape index (κ1) is 14.3. The molecule has 0 bridgehead atoms. The Hall–Kier alpha value is -2.10. The zero-order valence-corrected chi connectivity index (χ0v) is 12.6. The van der Waals surface area contributed by atoms with Crippen LogP contribution >= 0.6 is 0 Å². The molecule has 0 saturated heterocycles. The number of aryl methyl sites for hydroxylation is 1. The summed E-state index contributed by atoms with van der Waals surface area (Å²) in [6.45, 7) is 4.17. The molecule has 0 spiro atoms. The molecule has 1 aromatic carbocycles. The molecule has 0 fully saturated rings. The molecule has 2 aromatic rings. The van der Waals surface area contributed by atoms with E-state index in [1.165, 1.54) is 0 Å². The number of para-hydroxylation sites is 1. The van der Waals surface area contributed by atoms with Crippen molar-refractivity contribution in [2.45, 2.75) is 26.7 Å². The van der Waals surface area contributed by atoms with Crippen LogP contribution in [0.1, 0.15) is 35.0 Å². The lowest BCUT2D eigenvalue weighted by molar-refractivity contribution is 0.0826. The summed E-state index contributed by atoms with van der Waals surface area (Å²) < 4.78 is 1.90. The third-order valence-corrected chi connectivity index (χ3v) is 3.34. The van der Waals surface area contributed by atoms with Crippen LogP contribution in [0.3, 0.4) is 0 Å². The van der Waals surface area contributed by atoms with Crippen molar-refractivity contribution in [1.82, 2.24) is 14.7 Å². The fourth-order valence-corrected chi connectivity index (χ4v) is 2.28. The van der Waals surface area contributed by atoms with E-state index in [2.05, 4.69) is 25.0 Å². The Balaban J connectivity index is 2.55. The van der Waals surface area contributed by atoms with Crippen LogP contribution in [0.25, 0.3) is 5.69 Å². The molecule has 1 amide bonds. The summed E-state index contributed by atoms with van der Waals surface area (Å²) in [6.07, 6.45) is 3.49. The highest BCUT2D eigenvalue weighted by atomic mass is 16.2. The maximum absolute atomic E-state index is 12.2. The van der Waals surface area contributed by atoms with Crippen LogP contribution in [0, 0.1) is 6.92 Å². The Morgan fingerprint density at radius 1 is 1.30 bits per heavy atom. The molecule has 4 nitrogen and oxygen atoms in total. The second kappa shape index (κ2) is 5.90. The first-order chi connectivity index (χ1) is 9.56. The fourth-order valence-electron chi connectivity index (χ4n) is 2.28. The maximum atomic E-state index is 12.2. The number of nitrogens with zero attached hydrogens (tertiary/aromatic N) is 3. The summed E-state index contributed by atoms with van der Waals surface area (Å²) in [5, 5.41) is 4.44. The highest BCUT2D eigenvalue weighted by molar-refractivity contribution is 5.95. The van der Waals surface area contributed by atoms with Crippen molar-refractivity contribution >= 4 is 5.91 Å². The van der Waals surface area contributed by atoms with Crippen molar-refractivity contribution in [1.29, 1.82) is 0 Å². The van der Waals surface area contributed by atoms with Crippen LogP contribution in [0.2, 0.25) is 0 Å². The van der Waals surface area contributed by atoms with Gasteiger partial charge in [-0.3, -0.25) is 4.79 Å². The quantitative estimate of drug-likeness (QED) is 0.857. The van der Waals surface area contributed by atoms with Gasteiger partial charge in [0.15, 0.2) is 0 Å². The number of benzene rings is 1. The molecule has 106 valence electrons. The van der Waals surface area contributed by atoms with E-state index < -0.39 is 0 Å². The number of hydrogen-bond acceptors (Lipinski definition) is 2. The minimum absolute atomic E-state index is 0.00767. The summed E-state index contributed by atoms with van der Waals surface area (Å²) in [4.78, 5) is 13.8. The SMILES string of the molecule is CCCc1c(C(=O)N(C)C)cnn1-c1ccccc1C. The lowest BCUT2D eigenvalue weighted by Crippen LogP contribution is -2.22. The highest BCUT2D eigenvalue weighted by Gasteiger charge is 2.19. The predicted molar refractivity (Wildman–Crippen MR) is 80.3 cm³/mol. The second-order valence-corrected chi connectivity index (χ2v) is 5.15. The first-order valence-corrected chi connectivity index (χ1v) is 6.90. The largest absolute Gasteiger partial charge is 0.345 e. The van der Waals surface area contributed by atoms with E-state index in [0.29, 0.717) is 5.56 Å². The minimum Gasteiger partial charge on any atom is -0.345 e. The topological polar surface area (TPSA) is 38.1 Å². The summed E-state index contributed by atoms with van der Waals surface area (Å²) in [7, 11) is 3.53. The lowest BCUT2D eigenvalue weighted by Gasteiger charge is -2.13. The fraction of sp³-hybridized carbons (Fsp3) is 0.375. The van der Waals surface area contributed by atoms with Crippen LogP contribution in [0.15, 0.2) is 30.5 Å². The number of hydrogen-bond donors (Lipinski definition) is 0. The van der Waals surface area contributed by atoms with Crippen LogP contribution in [-0.2, 0) is 6.42 Å². The van der Waals surface area contributed by atoms with Crippen molar-refractivity contribution in [3.8, 4) is 5.69 Å². The molecule has 0 saturated carbocycles. The molecule has 2 rings (SSSR count). The van der Waals surface area contributed by atoms with Crippen molar-refractivity contribution in [3.05, 3.63) is 47.3 Å². The molecule has 0 aliphatic carbocycles. The smallest absolute Gasteiger partial charge is 0.256 e. The normalized spacial score (nSPS) is 10.6. The van der Waals surface area contributed by atoms with E-state index in [4.69, 9.17) is 0 Å². The van der Waals surface area contributed by atoms with Gasteiger partial charge in [0.2, 0.25) is 0 Å². The van der Waals surface area contributed by atoms with Gasteiger partial charge in [-0.25, -0.2) is 4.68 Å². The first-order valence-electron chi connectivity index (χ1n) is 6.90. The zero-order valence-electron chi connectivity index (χ0n) is 12.6. The van der Waals surface area contributed by atoms with Gasteiger partial charge in [0.25, 0.3) is 5.91 Å². The van der Waals surface area contributed by atoms with Crippen LogP contribution < -0.4 is 0 Å². The van der Waals surface area contributed by atoms with Gasteiger partial charge in [-0.05, 0) is 25.0 Å². The Bertz CT molecular complexity index is 614. The Kier molecular flexibility index (Phi) is 4.23. The van der Waals surface area contributed by atoms with Crippen molar-refractivity contribution < 1.29 is 4.79 Å². The summed E-state index contributed by atoms with van der Waals surface area (Å²) in [5.74, 6) is 0.00767. The number of aromatic nitrogens is 2. The van der Waals surface area contributed by atoms with Crippen LogP contribution in [-0.4, -0.2) is 34.7 Å². The van der Waals surface area contributed by atoms with Gasteiger partial charge in [-0.1, -0.05) is 31.5 Å². The molecule has 0 atom stereocenters. The Labute approximate surface area is 120 Å². The van der Waals surface area contributed by atoms with Gasteiger partial charge in [-0.2, -0.15) is 5.10 Å². The molecule has 0 aliphatic rings. The van der Waals surface area contributed by atoms with Crippen molar-refractivity contribution in [2.24, 2.45) is 0 Å². The number of carbonyl (C=O) groups is 1. The van der Waals surface area contributed by atoms with E-state index >= 15 is 0 Å². The number of rotatable bonds is 4. The summed E-state index contributed by atoms with van der Waals surface area (Å²) >= 11 is 0. The standard InChI is InChI=1S/C16H21N3O/c1-5-8-15-13(16(20)18(3)4)11-17-19(15)14-10-7-6-9-12(14)2/h6-7,9-11H,5,8H2,1-4H3. The van der Waals surface area contributed by atoms with Gasteiger partial charge < -0.3 is 4.90 Å². The number of amides is 1. The van der Waals surface area contributed by atoms with Crippen molar-refractivity contribution in [2.75, 3.05) is 14.1 Å². The van der Waals surface area contributed by atoms with E-state index in [9.17, 15) is 4.79 Å². The molecule has 0 radical (unpaired) electrons. The zero-order chi connectivity index (χ0) is 14.7. The average molecular weight is 271 g/mol. The van der Waals surface area contributed by atoms with E-state index in [0.717, 1.165) is 29.8 Å². The van der Waals surface area contributed by atoms with E-state index in [-0.39, 0.29) is 5.91 Å². The predicted octanol–water partition coefficient (Wildman–Crippen LogP) is 2.84. The van der Waals surface area contributed by atoms with E-state index in [1.54, 1.807) is 25.2 Å². The van der Waals surface area contributed by atoms with Gasteiger partial charge in [0, 0.05) is 14.1 Å². The van der Waals surface area contributed by atoms with Gasteiger partial charge in [0.1, 0.15) is 0 Å². The maximum Gasteiger partial charge on any atom is 0.256 e. The monoisotopic (exact) mass is 271 g/mol. The third-order valence-electron chi connectivity index (χ3n) is 3.34. The lowest BCUT2D eigenvalue weighted by atomic mass is 10.1. The van der Waals surface area contributed by atoms with Crippen LogP contribution in [0.5, 0.6) is 0 Å². The second-order valence-electron chi connectivity index (χ2n) is 5.15. The number of carbonyl (C=O) groups excluding carboxylic acids is 1. The molecule has 0 N–H and O–H groups in total. The summed E-state index contributed by atoms with van der Waals surface area (Å²) in [6, 6.07) is 8.09. The average Bonchev–Trinajstić information content (AvgIpc) is 2.82. The third kappa shape index (κ3) is 2.59. The molecule has 1 aromatic heterocycles. The van der Waals surface area contributed by atoms with E-state index in [1.807, 2.05) is 22.9 Å². The Morgan fingerprint density at radius 3 is 2.60 bits per heavy atom. The molecule has 1 heterocycles. The minimum atomic E-state index is 0.00767. The molecule has 4 heteroatoms.